The molecule has 2 N–H and O–H groups in total. The maximum absolute atomic E-state index is 13.5. The number of anilines is 2. The van der Waals surface area contributed by atoms with Crippen LogP contribution in [0.4, 0.5) is 20.2 Å². The fourth-order valence-electron chi connectivity index (χ4n) is 2.54. The normalized spacial score (nSPS) is 11.3. The van der Waals surface area contributed by atoms with Crippen LogP contribution in [-0.2, 0) is 14.8 Å². The molecular weight excluding hydrogens is 416 g/mol. The first kappa shape index (κ1) is 23.3. The highest BCUT2D eigenvalue weighted by atomic mass is 32.2. The van der Waals surface area contributed by atoms with E-state index in [4.69, 9.17) is 0 Å². The van der Waals surface area contributed by atoms with Gasteiger partial charge in [-0.1, -0.05) is 26.0 Å². The summed E-state index contributed by atoms with van der Waals surface area (Å²) in [5.41, 5.74) is 0.210. The predicted molar refractivity (Wildman–Crippen MR) is 111 cm³/mol. The van der Waals surface area contributed by atoms with E-state index >= 15 is 0 Å². The van der Waals surface area contributed by atoms with Gasteiger partial charge in [-0.05, 0) is 30.2 Å². The second kappa shape index (κ2) is 9.66. The molecule has 0 aliphatic carbocycles. The third kappa shape index (κ3) is 6.24. The van der Waals surface area contributed by atoms with Crippen molar-refractivity contribution < 1.29 is 26.8 Å². The fourth-order valence-corrected chi connectivity index (χ4v) is 3.39. The van der Waals surface area contributed by atoms with Gasteiger partial charge in [-0.15, -0.1) is 0 Å². The summed E-state index contributed by atoms with van der Waals surface area (Å²) >= 11 is 0. The zero-order valence-corrected chi connectivity index (χ0v) is 17.6. The summed E-state index contributed by atoms with van der Waals surface area (Å²) in [6.45, 7) is 3.63. The van der Waals surface area contributed by atoms with Crippen LogP contribution in [0.25, 0.3) is 0 Å². The Labute approximate surface area is 174 Å². The van der Waals surface area contributed by atoms with Crippen LogP contribution in [0.15, 0.2) is 42.5 Å². The van der Waals surface area contributed by atoms with E-state index in [1.165, 1.54) is 12.1 Å². The van der Waals surface area contributed by atoms with Crippen molar-refractivity contribution in [2.45, 2.75) is 13.8 Å². The molecule has 0 saturated carbocycles. The Hall–Kier alpha value is -3.01. The molecule has 0 aliphatic rings. The Kier molecular flexibility index (Phi) is 7.49. The first-order chi connectivity index (χ1) is 14.0. The van der Waals surface area contributed by atoms with E-state index in [-0.39, 0.29) is 28.8 Å². The molecule has 2 rings (SSSR count). The minimum atomic E-state index is -3.98. The van der Waals surface area contributed by atoms with Crippen LogP contribution in [-0.4, -0.2) is 39.6 Å². The summed E-state index contributed by atoms with van der Waals surface area (Å²) in [7, 11) is -3.98. The summed E-state index contributed by atoms with van der Waals surface area (Å²) in [6.07, 6.45) is 0.842. The molecule has 2 amide bonds. The maximum atomic E-state index is 13.5. The van der Waals surface area contributed by atoms with Gasteiger partial charge in [-0.25, -0.2) is 17.2 Å². The predicted octanol–water partition coefficient (Wildman–Crippen LogP) is 2.76. The summed E-state index contributed by atoms with van der Waals surface area (Å²) < 4.78 is 51.6. The lowest BCUT2D eigenvalue weighted by Gasteiger charge is -2.22. The molecule has 7 nitrogen and oxygen atoms in total. The minimum Gasteiger partial charge on any atom is -0.352 e. The lowest BCUT2D eigenvalue weighted by molar-refractivity contribution is -0.114. The Balaban J connectivity index is 2.22. The minimum absolute atomic E-state index is 0.197. The van der Waals surface area contributed by atoms with Crippen LogP contribution in [0, 0.1) is 17.6 Å². The fraction of sp³-hybridized carbons (Fsp3) is 0.300. The number of carbonyl (C=O) groups excluding carboxylic acids is 2. The Morgan fingerprint density at radius 2 is 1.73 bits per heavy atom. The smallest absolute Gasteiger partial charge is 0.253 e. The van der Waals surface area contributed by atoms with E-state index in [9.17, 15) is 26.8 Å². The Morgan fingerprint density at radius 1 is 1.07 bits per heavy atom. The van der Waals surface area contributed by atoms with Gasteiger partial charge in [0.25, 0.3) is 5.91 Å². The molecule has 10 heteroatoms. The third-order valence-electron chi connectivity index (χ3n) is 4.00. The largest absolute Gasteiger partial charge is 0.352 e. The number of sulfonamides is 1. The quantitative estimate of drug-likeness (QED) is 0.661. The van der Waals surface area contributed by atoms with Crippen LogP contribution in [0.1, 0.15) is 24.2 Å². The second-order valence-electron chi connectivity index (χ2n) is 7.07. The number of carbonyl (C=O) groups is 2. The molecule has 0 aliphatic heterocycles. The summed E-state index contributed by atoms with van der Waals surface area (Å²) in [4.78, 5) is 24.9. The molecule has 0 fully saturated rings. The number of halogens is 2. The number of nitrogens with zero attached hydrogens (tertiary/aromatic N) is 1. The van der Waals surface area contributed by atoms with Crippen molar-refractivity contribution in [3.63, 3.8) is 0 Å². The second-order valence-corrected chi connectivity index (χ2v) is 8.97. The zero-order chi connectivity index (χ0) is 22.5. The molecule has 162 valence electrons. The van der Waals surface area contributed by atoms with Crippen LogP contribution >= 0.6 is 0 Å². The van der Waals surface area contributed by atoms with Gasteiger partial charge in [-0.2, -0.15) is 0 Å². The number of amides is 2. The van der Waals surface area contributed by atoms with Gasteiger partial charge in [0.15, 0.2) is 11.6 Å². The molecule has 2 aromatic rings. The van der Waals surface area contributed by atoms with Crippen molar-refractivity contribution in [3.05, 3.63) is 59.7 Å². The molecule has 0 aromatic heterocycles. The van der Waals surface area contributed by atoms with Crippen LogP contribution in [0.3, 0.4) is 0 Å². The van der Waals surface area contributed by atoms with Crippen LogP contribution in [0.2, 0.25) is 0 Å². The molecule has 30 heavy (non-hydrogen) atoms. The number of hydrogen-bond donors (Lipinski definition) is 2. The maximum Gasteiger partial charge on any atom is 0.253 e. The summed E-state index contributed by atoms with van der Waals surface area (Å²) in [5.74, 6) is -3.30. The number of benzene rings is 2. The third-order valence-corrected chi connectivity index (χ3v) is 5.14. The molecule has 0 spiro atoms. The Bertz CT molecular complexity index is 1040. The summed E-state index contributed by atoms with van der Waals surface area (Å²) in [5, 5.41) is 5.24. The molecule has 0 atom stereocenters. The van der Waals surface area contributed by atoms with Crippen molar-refractivity contribution in [3.8, 4) is 0 Å². The molecule has 0 bridgehead atoms. The van der Waals surface area contributed by atoms with E-state index in [0.29, 0.717) is 16.9 Å². The van der Waals surface area contributed by atoms with E-state index in [1.807, 2.05) is 13.8 Å². The standard InChI is InChI=1S/C20H23F2N3O4S/c1-13(2)11-23-20(27)15-6-4-5-7-18(15)24-19(26)12-25(30(3,28)29)14-8-9-16(21)17(22)10-14/h4-10,13H,11-12H2,1-3H3,(H,23,27)(H,24,26). The Morgan fingerprint density at radius 3 is 2.33 bits per heavy atom. The first-order valence-corrected chi connectivity index (χ1v) is 10.9. The highest BCUT2D eigenvalue weighted by Crippen LogP contribution is 2.21. The number of para-hydroxylation sites is 1. The average molecular weight is 439 g/mol. The van der Waals surface area contributed by atoms with Gasteiger partial charge >= 0.3 is 0 Å². The summed E-state index contributed by atoms with van der Waals surface area (Å²) in [6, 6.07) is 8.79. The van der Waals surface area contributed by atoms with E-state index in [0.717, 1.165) is 18.4 Å². The van der Waals surface area contributed by atoms with E-state index < -0.39 is 34.1 Å². The van der Waals surface area contributed by atoms with E-state index in [2.05, 4.69) is 10.6 Å². The van der Waals surface area contributed by atoms with Crippen LogP contribution in [0.5, 0.6) is 0 Å². The number of nitrogens with one attached hydrogen (secondary N) is 2. The van der Waals surface area contributed by atoms with Crippen molar-refractivity contribution in [1.82, 2.24) is 5.32 Å². The molecule has 0 heterocycles. The van der Waals surface area contributed by atoms with Crippen molar-refractivity contribution in [2.75, 3.05) is 29.0 Å². The molecule has 0 saturated heterocycles. The highest BCUT2D eigenvalue weighted by Gasteiger charge is 2.23. The average Bonchev–Trinajstić information content (AvgIpc) is 2.66. The van der Waals surface area contributed by atoms with Gasteiger partial charge in [-0.3, -0.25) is 13.9 Å². The molecule has 2 aromatic carbocycles. The number of hydrogen-bond acceptors (Lipinski definition) is 4. The topological polar surface area (TPSA) is 95.6 Å². The van der Waals surface area contributed by atoms with Crippen molar-refractivity contribution in [2.24, 2.45) is 5.92 Å². The van der Waals surface area contributed by atoms with Crippen molar-refractivity contribution in [1.29, 1.82) is 0 Å². The van der Waals surface area contributed by atoms with Gasteiger partial charge in [0.05, 0.1) is 23.2 Å². The SMILES string of the molecule is CC(C)CNC(=O)c1ccccc1NC(=O)CN(c1ccc(F)c(F)c1)S(C)(=O)=O. The van der Waals surface area contributed by atoms with Gasteiger partial charge in [0, 0.05) is 12.6 Å². The molecule has 0 radical (unpaired) electrons. The molecular formula is C20H23F2N3O4S. The lowest BCUT2D eigenvalue weighted by Crippen LogP contribution is -2.38. The first-order valence-electron chi connectivity index (χ1n) is 9.09. The molecule has 0 unspecified atom stereocenters. The van der Waals surface area contributed by atoms with Gasteiger partial charge < -0.3 is 10.6 Å². The van der Waals surface area contributed by atoms with Gasteiger partial charge in [0.1, 0.15) is 6.54 Å². The van der Waals surface area contributed by atoms with E-state index in [1.54, 1.807) is 12.1 Å². The number of rotatable bonds is 8. The monoisotopic (exact) mass is 439 g/mol. The van der Waals surface area contributed by atoms with Crippen molar-refractivity contribution >= 4 is 33.2 Å². The van der Waals surface area contributed by atoms with Crippen LogP contribution < -0.4 is 14.9 Å². The zero-order valence-electron chi connectivity index (χ0n) is 16.8. The lowest BCUT2D eigenvalue weighted by atomic mass is 10.1. The van der Waals surface area contributed by atoms with Gasteiger partial charge in [0.2, 0.25) is 15.9 Å². The highest BCUT2D eigenvalue weighted by molar-refractivity contribution is 7.92.